The van der Waals surface area contributed by atoms with Gasteiger partial charge in [0.1, 0.15) is 18.2 Å². The van der Waals surface area contributed by atoms with Gasteiger partial charge >= 0.3 is 10.8 Å². The monoisotopic (exact) mass is 502 g/mol. The van der Waals surface area contributed by atoms with Crippen LogP contribution in [0.25, 0.3) is 0 Å². The van der Waals surface area contributed by atoms with E-state index in [0.29, 0.717) is 33.4 Å². The second kappa shape index (κ2) is 9.79. The van der Waals surface area contributed by atoms with E-state index in [1.165, 1.54) is 62.2 Å². The number of aromatic nitrogens is 1. The normalized spacial score (nSPS) is 14.9. The number of benzene rings is 2. The number of rotatable bonds is 7. The first-order valence-corrected chi connectivity index (χ1v) is 11.3. The molecule has 184 valence electrons. The molecule has 2 aromatic carbocycles. The molecule has 0 fully saturated rings. The molecule has 1 aliphatic heterocycles. The molecule has 0 aliphatic carbocycles. The number of halogens is 1. The van der Waals surface area contributed by atoms with Gasteiger partial charge in [-0.15, -0.1) is 0 Å². The first-order chi connectivity index (χ1) is 16.8. The Morgan fingerprint density at radius 2 is 1.66 bits per heavy atom. The van der Waals surface area contributed by atoms with Crippen LogP contribution in [0.3, 0.4) is 0 Å². The van der Waals surface area contributed by atoms with E-state index in [-0.39, 0.29) is 24.7 Å². The third kappa shape index (κ3) is 4.34. The molecular formula is C24H23FN2O7S. The lowest BCUT2D eigenvalue weighted by molar-refractivity contribution is -0.141. The van der Waals surface area contributed by atoms with Crippen LogP contribution < -0.4 is 24.0 Å². The Labute approximate surface area is 204 Å². The van der Waals surface area contributed by atoms with Gasteiger partial charge in [0.25, 0.3) is 0 Å². The van der Waals surface area contributed by atoms with E-state index in [9.17, 15) is 18.8 Å². The average Bonchev–Trinajstić information content (AvgIpc) is 3.18. The molecule has 4 rings (SSSR count). The summed E-state index contributed by atoms with van der Waals surface area (Å²) in [7, 11) is 5.68. The zero-order valence-electron chi connectivity index (χ0n) is 19.5. The number of ether oxygens (including phenoxy) is 4. The summed E-state index contributed by atoms with van der Waals surface area (Å²) < 4.78 is 35.9. The molecule has 2 heterocycles. The van der Waals surface area contributed by atoms with E-state index < -0.39 is 22.6 Å². The largest absolute Gasteiger partial charge is 0.493 e. The van der Waals surface area contributed by atoms with Gasteiger partial charge in [-0.25, -0.2) is 4.39 Å². The van der Waals surface area contributed by atoms with E-state index in [4.69, 9.17) is 18.9 Å². The second-order valence-corrected chi connectivity index (χ2v) is 8.63. The summed E-state index contributed by atoms with van der Waals surface area (Å²) >= 11 is 0.931. The molecule has 11 heteroatoms. The predicted molar refractivity (Wildman–Crippen MR) is 127 cm³/mol. The highest BCUT2D eigenvalue weighted by Crippen LogP contribution is 2.48. The van der Waals surface area contributed by atoms with E-state index >= 15 is 0 Å². The van der Waals surface area contributed by atoms with Gasteiger partial charge in [-0.05, 0) is 42.0 Å². The number of amides is 1. The Bertz CT molecular complexity index is 1310. The van der Waals surface area contributed by atoms with Crippen LogP contribution >= 0.6 is 11.3 Å². The van der Waals surface area contributed by atoms with Crippen molar-refractivity contribution < 1.29 is 32.9 Å². The standard InChI is InChI=1S/C24H23FN2O7S/c1-31-17-9-13(10-18(32-2)21(17)34-4)16-11-19(28)27(15-7-5-14(25)6-8-15)23-22(16)35-24(30)26(23)12-20(29)33-3/h5-10,16H,11-12H2,1-4H3/t16-/m1/s1. The van der Waals surface area contributed by atoms with Crippen LogP contribution in [0.1, 0.15) is 22.8 Å². The minimum atomic E-state index is -0.644. The van der Waals surface area contributed by atoms with Gasteiger partial charge in [0.15, 0.2) is 11.5 Å². The van der Waals surface area contributed by atoms with Crippen molar-refractivity contribution in [1.29, 1.82) is 0 Å². The van der Waals surface area contributed by atoms with Crippen molar-refractivity contribution in [2.24, 2.45) is 0 Å². The lowest BCUT2D eigenvalue weighted by Gasteiger charge is -2.33. The summed E-state index contributed by atoms with van der Waals surface area (Å²) in [5, 5.41) is 0. The molecule has 1 atom stereocenters. The van der Waals surface area contributed by atoms with Crippen LogP contribution in [0.2, 0.25) is 0 Å². The molecule has 0 unspecified atom stereocenters. The Morgan fingerprint density at radius 1 is 1.03 bits per heavy atom. The zero-order valence-corrected chi connectivity index (χ0v) is 20.3. The molecule has 35 heavy (non-hydrogen) atoms. The first-order valence-electron chi connectivity index (χ1n) is 10.5. The second-order valence-electron chi connectivity index (χ2n) is 7.64. The average molecular weight is 503 g/mol. The number of methoxy groups -OCH3 is 4. The van der Waals surface area contributed by atoms with Crippen molar-refractivity contribution in [2.45, 2.75) is 18.9 Å². The Balaban J connectivity index is 1.94. The van der Waals surface area contributed by atoms with Crippen molar-refractivity contribution in [1.82, 2.24) is 4.57 Å². The van der Waals surface area contributed by atoms with Crippen LogP contribution in [0.4, 0.5) is 15.9 Å². The predicted octanol–water partition coefficient (Wildman–Crippen LogP) is 3.45. The number of thiazole rings is 1. The van der Waals surface area contributed by atoms with Gasteiger partial charge < -0.3 is 18.9 Å². The number of anilines is 2. The van der Waals surface area contributed by atoms with Crippen LogP contribution in [0, 0.1) is 5.82 Å². The third-order valence-corrected chi connectivity index (χ3v) is 6.82. The van der Waals surface area contributed by atoms with Gasteiger partial charge in [0.2, 0.25) is 11.7 Å². The van der Waals surface area contributed by atoms with Crippen LogP contribution in [0.5, 0.6) is 17.2 Å². The van der Waals surface area contributed by atoms with Crippen molar-refractivity contribution in [3.63, 3.8) is 0 Å². The van der Waals surface area contributed by atoms with Crippen molar-refractivity contribution in [3.8, 4) is 17.2 Å². The lowest BCUT2D eigenvalue weighted by atomic mass is 9.89. The van der Waals surface area contributed by atoms with E-state index in [1.807, 2.05) is 0 Å². The first kappa shape index (κ1) is 24.3. The highest BCUT2D eigenvalue weighted by molar-refractivity contribution is 7.10. The smallest absolute Gasteiger partial charge is 0.325 e. The van der Waals surface area contributed by atoms with Crippen LogP contribution in [-0.2, 0) is 20.9 Å². The molecule has 9 nitrogen and oxygen atoms in total. The van der Waals surface area contributed by atoms with E-state index in [0.717, 1.165) is 11.3 Å². The summed E-state index contributed by atoms with van der Waals surface area (Å²) in [6.45, 7) is -0.381. The SMILES string of the molecule is COC(=O)Cn1c2c(sc1=O)[C@@H](c1cc(OC)c(OC)c(OC)c1)CC(=O)N2c1ccc(F)cc1. The van der Waals surface area contributed by atoms with Gasteiger partial charge in [-0.1, -0.05) is 11.3 Å². The van der Waals surface area contributed by atoms with Crippen LogP contribution in [0.15, 0.2) is 41.2 Å². The van der Waals surface area contributed by atoms with Crippen molar-refractivity contribution in [3.05, 3.63) is 62.3 Å². The molecule has 0 saturated carbocycles. The summed E-state index contributed by atoms with van der Waals surface area (Å²) in [5.41, 5.74) is 1.04. The Hall–Kier alpha value is -3.86. The number of hydrogen-bond acceptors (Lipinski definition) is 8. The fourth-order valence-corrected chi connectivity index (χ4v) is 5.21. The molecule has 0 radical (unpaired) electrons. The molecule has 0 spiro atoms. The molecule has 0 saturated heterocycles. The lowest BCUT2D eigenvalue weighted by Crippen LogP contribution is -2.36. The van der Waals surface area contributed by atoms with E-state index in [2.05, 4.69) is 0 Å². The van der Waals surface area contributed by atoms with Gasteiger partial charge in [0.05, 0.1) is 39.0 Å². The number of carbonyl (C=O) groups excluding carboxylic acids is 2. The maximum Gasteiger partial charge on any atom is 0.325 e. The van der Waals surface area contributed by atoms with Crippen molar-refractivity contribution in [2.75, 3.05) is 33.3 Å². The number of esters is 1. The summed E-state index contributed by atoms with van der Waals surface area (Å²) in [6, 6.07) is 8.80. The highest BCUT2D eigenvalue weighted by Gasteiger charge is 2.39. The Morgan fingerprint density at radius 3 is 2.20 bits per heavy atom. The highest BCUT2D eigenvalue weighted by atomic mass is 32.1. The van der Waals surface area contributed by atoms with Gasteiger partial charge in [-0.2, -0.15) is 0 Å². The quantitative estimate of drug-likeness (QED) is 0.457. The molecular weight excluding hydrogens is 479 g/mol. The fourth-order valence-electron chi connectivity index (χ4n) is 4.11. The summed E-state index contributed by atoms with van der Waals surface area (Å²) in [5.74, 6) is -0.535. The number of fused-ring (bicyclic) bond motifs is 1. The maximum absolute atomic E-state index is 13.6. The molecule has 0 bridgehead atoms. The minimum absolute atomic E-state index is 0.0151. The molecule has 1 aromatic heterocycles. The molecule has 0 N–H and O–H groups in total. The Kier molecular flexibility index (Phi) is 6.79. The number of hydrogen-bond donors (Lipinski definition) is 0. The zero-order chi connectivity index (χ0) is 25.3. The number of nitrogens with zero attached hydrogens (tertiary/aromatic N) is 2. The number of carbonyl (C=O) groups is 2. The molecule has 1 aliphatic rings. The molecule has 1 amide bonds. The van der Waals surface area contributed by atoms with Gasteiger partial charge in [0, 0.05) is 12.3 Å². The van der Waals surface area contributed by atoms with E-state index in [1.54, 1.807) is 12.1 Å². The van der Waals surface area contributed by atoms with Crippen LogP contribution in [-0.4, -0.2) is 44.9 Å². The minimum Gasteiger partial charge on any atom is -0.493 e. The summed E-state index contributed by atoms with van der Waals surface area (Å²) in [6.07, 6.45) is 0.0151. The molecule has 3 aromatic rings. The third-order valence-electron chi connectivity index (χ3n) is 5.74. The topological polar surface area (TPSA) is 96.3 Å². The summed E-state index contributed by atoms with van der Waals surface area (Å²) in [4.78, 5) is 40.1. The maximum atomic E-state index is 13.6. The van der Waals surface area contributed by atoms with Gasteiger partial charge in [-0.3, -0.25) is 23.9 Å². The fraction of sp³-hybridized carbons (Fsp3) is 0.292. The van der Waals surface area contributed by atoms with Crippen molar-refractivity contribution >= 4 is 34.7 Å².